The number of benzene rings is 1. The fourth-order valence-corrected chi connectivity index (χ4v) is 2.16. The molecule has 1 aromatic carbocycles. The predicted octanol–water partition coefficient (Wildman–Crippen LogP) is 1.89. The molecule has 0 aliphatic carbocycles. The molecule has 1 amide bonds. The average Bonchev–Trinajstić information content (AvgIpc) is 2.47. The lowest BCUT2D eigenvalue weighted by molar-refractivity contribution is 0.0980. The monoisotopic (exact) mass is 285 g/mol. The maximum absolute atomic E-state index is 12.6. The van der Waals surface area contributed by atoms with Crippen molar-refractivity contribution < 1.29 is 4.79 Å². The third-order valence-corrected chi connectivity index (χ3v) is 3.21. The standard InChI is InChI=1S/C16H19N3O2/c1-11(2)19(14-5-3-12(10-17)4-6-14)16(21)13-7-8-18-15(20)9-13/h3-9,11H,10,17H2,1-2H3,(H,18,20). The fraction of sp³-hybridized carbons (Fsp3) is 0.250. The molecule has 0 unspecified atom stereocenters. The van der Waals surface area contributed by atoms with Crippen LogP contribution in [-0.2, 0) is 6.54 Å². The number of hydrogen-bond acceptors (Lipinski definition) is 3. The molecule has 2 rings (SSSR count). The van der Waals surface area contributed by atoms with Crippen molar-refractivity contribution in [2.24, 2.45) is 5.73 Å². The third kappa shape index (κ3) is 3.38. The number of aromatic nitrogens is 1. The fourth-order valence-electron chi connectivity index (χ4n) is 2.16. The van der Waals surface area contributed by atoms with Gasteiger partial charge in [-0.3, -0.25) is 9.59 Å². The summed E-state index contributed by atoms with van der Waals surface area (Å²) in [6, 6.07) is 10.4. The first-order chi connectivity index (χ1) is 10.0. The van der Waals surface area contributed by atoms with Gasteiger partial charge in [0.25, 0.3) is 5.91 Å². The van der Waals surface area contributed by atoms with Crippen molar-refractivity contribution >= 4 is 11.6 Å². The summed E-state index contributed by atoms with van der Waals surface area (Å²) in [5, 5.41) is 0. The molecule has 1 heterocycles. The van der Waals surface area contributed by atoms with Crippen molar-refractivity contribution in [3.8, 4) is 0 Å². The van der Waals surface area contributed by atoms with E-state index in [0.29, 0.717) is 12.1 Å². The van der Waals surface area contributed by atoms with Crippen LogP contribution in [0.3, 0.4) is 0 Å². The number of hydrogen-bond donors (Lipinski definition) is 2. The lowest BCUT2D eigenvalue weighted by atomic mass is 10.1. The van der Waals surface area contributed by atoms with E-state index in [2.05, 4.69) is 4.98 Å². The number of nitrogens with zero attached hydrogens (tertiary/aromatic N) is 1. The number of carbonyl (C=O) groups excluding carboxylic acids is 1. The van der Waals surface area contributed by atoms with Crippen LogP contribution in [-0.4, -0.2) is 16.9 Å². The van der Waals surface area contributed by atoms with Gasteiger partial charge < -0.3 is 15.6 Å². The van der Waals surface area contributed by atoms with Crippen LogP contribution in [0.1, 0.15) is 29.8 Å². The molecule has 3 N–H and O–H groups in total. The second-order valence-corrected chi connectivity index (χ2v) is 5.08. The molecular formula is C16H19N3O2. The average molecular weight is 285 g/mol. The molecule has 0 bridgehead atoms. The predicted molar refractivity (Wildman–Crippen MR) is 83.3 cm³/mol. The van der Waals surface area contributed by atoms with E-state index >= 15 is 0 Å². The molecule has 0 aliphatic heterocycles. The van der Waals surface area contributed by atoms with E-state index in [9.17, 15) is 9.59 Å². The Bertz CT molecular complexity index is 674. The van der Waals surface area contributed by atoms with Crippen LogP contribution in [0.25, 0.3) is 0 Å². The van der Waals surface area contributed by atoms with Crippen LogP contribution >= 0.6 is 0 Å². The summed E-state index contributed by atoms with van der Waals surface area (Å²) in [7, 11) is 0. The van der Waals surface area contributed by atoms with Crippen LogP contribution < -0.4 is 16.2 Å². The number of nitrogens with two attached hydrogens (primary N) is 1. The van der Waals surface area contributed by atoms with Gasteiger partial charge in [0.1, 0.15) is 0 Å². The molecule has 0 spiro atoms. The summed E-state index contributed by atoms with van der Waals surface area (Å²) in [6.45, 7) is 4.33. The zero-order valence-corrected chi connectivity index (χ0v) is 12.2. The SMILES string of the molecule is CC(C)N(C(=O)c1cc[nH]c(=O)c1)c1ccc(CN)cc1. The number of pyridine rings is 1. The Morgan fingerprint density at radius 1 is 1.24 bits per heavy atom. The van der Waals surface area contributed by atoms with E-state index in [0.717, 1.165) is 11.3 Å². The van der Waals surface area contributed by atoms with Gasteiger partial charge in [0, 0.05) is 36.1 Å². The number of rotatable bonds is 4. The van der Waals surface area contributed by atoms with E-state index in [1.165, 1.54) is 12.3 Å². The summed E-state index contributed by atoms with van der Waals surface area (Å²) < 4.78 is 0. The van der Waals surface area contributed by atoms with Crippen molar-refractivity contribution in [3.05, 3.63) is 64.1 Å². The Hall–Kier alpha value is -2.40. The molecule has 110 valence electrons. The molecule has 2 aromatic rings. The van der Waals surface area contributed by atoms with Crippen LogP contribution in [0.15, 0.2) is 47.4 Å². The van der Waals surface area contributed by atoms with Crippen molar-refractivity contribution in [1.82, 2.24) is 4.98 Å². The van der Waals surface area contributed by atoms with Crippen molar-refractivity contribution in [1.29, 1.82) is 0 Å². The van der Waals surface area contributed by atoms with Crippen molar-refractivity contribution in [2.45, 2.75) is 26.4 Å². The van der Waals surface area contributed by atoms with E-state index in [4.69, 9.17) is 5.73 Å². The van der Waals surface area contributed by atoms with E-state index in [-0.39, 0.29) is 17.5 Å². The Kier molecular flexibility index (Phi) is 4.55. The van der Waals surface area contributed by atoms with Gasteiger partial charge in [-0.1, -0.05) is 12.1 Å². The quantitative estimate of drug-likeness (QED) is 0.900. The minimum Gasteiger partial charge on any atom is -0.329 e. The highest BCUT2D eigenvalue weighted by Crippen LogP contribution is 2.20. The van der Waals surface area contributed by atoms with Gasteiger partial charge in [0.05, 0.1) is 0 Å². The van der Waals surface area contributed by atoms with Gasteiger partial charge in [0.2, 0.25) is 5.56 Å². The number of aromatic amines is 1. The largest absolute Gasteiger partial charge is 0.329 e. The third-order valence-electron chi connectivity index (χ3n) is 3.21. The van der Waals surface area contributed by atoms with E-state index in [1.54, 1.807) is 11.0 Å². The molecule has 5 heteroatoms. The highest BCUT2D eigenvalue weighted by molar-refractivity contribution is 6.06. The Morgan fingerprint density at radius 2 is 1.90 bits per heavy atom. The molecule has 1 aromatic heterocycles. The topological polar surface area (TPSA) is 79.2 Å². The first kappa shape index (κ1) is 15.0. The summed E-state index contributed by atoms with van der Waals surface area (Å²) in [5.74, 6) is -0.198. The molecule has 5 nitrogen and oxygen atoms in total. The van der Waals surface area contributed by atoms with Gasteiger partial charge in [-0.25, -0.2) is 0 Å². The van der Waals surface area contributed by atoms with Gasteiger partial charge in [0.15, 0.2) is 0 Å². The lowest BCUT2D eigenvalue weighted by Crippen LogP contribution is -2.37. The maximum atomic E-state index is 12.6. The minimum atomic E-state index is -0.289. The summed E-state index contributed by atoms with van der Waals surface area (Å²) in [4.78, 5) is 28.2. The summed E-state index contributed by atoms with van der Waals surface area (Å²) >= 11 is 0. The van der Waals surface area contributed by atoms with E-state index < -0.39 is 0 Å². The number of anilines is 1. The molecular weight excluding hydrogens is 266 g/mol. The Balaban J connectivity index is 2.38. The van der Waals surface area contributed by atoms with Gasteiger partial charge in [-0.15, -0.1) is 0 Å². The Morgan fingerprint density at radius 3 is 2.43 bits per heavy atom. The first-order valence-corrected chi connectivity index (χ1v) is 6.84. The second kappa shape index (κ2) is 6.37. The number of carbonyl (C=O) groups is 1. The molecule has 0 aliphatic rings. The van der Waals surface area contributed by atoms with Crippen LogP contribution in [0.5, 0.6) is 0 Å². The molecule has 0 atom stereocenters. The molecule has 21 heavy (non-hydrogen) atoms. The molecule has 0 fully saturated rings. The Labute approximate surface area is 123 Å². The van der Waals surface area contributed by atoms with E-state index in [1.807, 2.05) is 38.1 Å². The summed E-state index contributed by atoms with van der Waals surface area (Å²) in [6.07, 6.45) is 1.48. The minimum absolute atomic E-state index is 0.0273. The molecule has 0 radical (unpaired) electrons. The number of H-pyrrole nitrogens is 1. The smallest absolute Gasteiger partial charge is 0.258 e. The molecule has 0 saturated carbocycles. The second-order valence-electron chi connectivity index (χ2n) is 5.08. The van der Waals surface area contributed by atoms with Crippen LogP contribution in [0.2, 0.25) is 0 Å². The molecule has 0 saturated heterocycles. The van der Waals surface area contributed by atoms with Crippen LogP contribution in [0, 0.1) is 0 Å². The van der Waals surface area contributed by atoms with Crippen molar-refractivity contribution in [3.63, 3.8) is 0 Å². The summed E-state index contributed by atoms with van der Waals surface area (Å²) in [5.41, 5.74) is 7.46. The highest BCUT2D eigenvalue weighted by atomic mass is 16.2. The van der Waals surface area contributed by atoms with Gasteiger partial charge in [-0.2, -0.15) is 0 Å². The number of nitrogens with one attached hydrogen (secondary N) is 1. The first-order valence-electron chi connectivity index (χ1n) is 6.84. The zero-order valence-electron chi connectivity index (χ0n) is 12.2. The van der Waals surface area contributed by atoms with Crippen molar-refractivity contribution in [2.75, 3.05) is 4.90 Å². The highest BCUT2D eigenvalue weighted by Gasteiger charge is 2.20. The zero-order chi connectivity index (χ0) is 15.4. The maximum Gasteiger partial charge on any atom is 0.258 e. The van der Waals surface area contributed by atoms with Gasteiger partial charge in [-0.05, 0) is 37.6 Å². The lowest BCUT2D eigenvalue weighted by Gasteiger charge is -2.27. The van der Waals surface area contributed by atoms with Gasteiger partial charge >= 0.3 is 0 Å². The van der Waals surface area contributed by atoms with Crippen LogP contribution in [0.4, 0.5) is 5.69 Å². The normalized spacial score (nSPS) is 10.7. The number of amides is 1.